The highest BCUT2D eigenvalue weighted by atomic mass is 35.5. The first-order valence-corrected chi connectivity index (χ1v) is 7.87. The van der Waals surface area contributed by atoms with Gasteiger partial charge in [0.1, 0.15) is 0 Å². The van der Waals surface area contributed by atoms with Gasteiger partial charge in [0, 0.05) is 56.7 Å². The zero-order valence-corrected chi connectivity index (χ0v) is 13.1. The fourth-order valence-corrected chi connectivity index (χ4v) is 3.00. The van der Waals surface area contributed by atoms with Gasteiger partial charge in [0.25, 0.3) is 0 Å². The van der Waals surface area contributed by atoms with E-state index in [0.29, 0.717) is 0 Å². The van der Waals surface area contributed by atoms with E-state index in [1.807, 2.05) is 24.5 Å². The van der Waals surface area contributed by atoms with E-state index in [1.54, 1.807) is 0 Å². The molecule has 0 atom stereocenters. The van der Waals surface area contributed by atoms with E-state index in [1.165, 1.54) is 5.56 Å². The van der Waals surface area contributed by atoms with Crippen molar-refractivity contribution in [1.82, 2.24) is 14.5 Å². The Bertz CT molecular complexity index is 587. The smallest absolute Gasteiger partial charge is 0.205 e. The summed E-state index contributed by atoms with van der Waals surface area (Å²) in [5.74, 6) is 1.09. The minimum absolute atomic E-state index is 0.862. The van der Waals surface area contributed by atoms with Crippen LogP contribution in [0.15, 0.2) is 36.7 Å². The second kappa shape index (κ2) is 6.50. The quantitative estimate of drug-likeness (QED) is 0.868. The summed E-state index contributed by atoms with van der Waals surface area (Å²) in [5.41, 5.74) is 1.21. The third kappa shape index (κ3) is 3.22. The number of aromatic nitrogens is 2. The predicted molar refractivity (Wildman–Crippen MR) is 86.8 cm³/mol. The molecule has 1 aromatic heterocycles. The molecule has 0 amide bonds. The molecule has 0 N–H and O–H groups in total. The molecule has 3 rings (SSSR count). The van der Waals surface area contributed by atoms with Crippen molar-refractivity contribution in [2.24, 2.45) is 0 Å². The lowest BCUT2D eigenvalue weighted by Gasteiger charge is -2.35. The minimum atomic E-state index is 0.862. The van der Waals surface area contributed by atoms with Gasteiger partial charge in [-0.2, -0.15) is 0 Å². The minimum Gasteiger partial charge on any atom is -0.340 e. The van der Waals surface area contributed by atoms with Crippen molar-refractivity contribution in [2.75, 3.05) is 31.1 Å². The van der Waals surface area contributed by atoms with Crippen LogP contribution in [0.2, 0.25) is 5.02 Å². The van der Waals surface area contributed by atoms with Crippen LogP contribution in [0.5, 0.6) is 0 Å². The van der Waals surface area contributed by atoms with E-state index in [4.69, 9.17) is 11.6 Å². The lowest BCUT2D eigenvalue weighted by Crippen LogP contribution is -2.46. The fraction of sp³-hybridized carbons (Fsp3) is 0.438. The molecule has 1 aliphatic heterocycles. The van der Waals surface area contributed by atoms with Crippen LogP contribution in [-0.4, -0.2) is 40.6 Å². The maximum atomic E-state index is 6.24. The van der Waals surface area contributed by atoms with E-state index in [2.05, 4.69) is 38.4 Å². The van der Waals surface area contributed by atoms with Crippen molar-refractivity contribution in [3.05, 3.63) is 47.2 Å². The highest BCUT2D eigenvalue weighted by Gasteiger charge is 2.20. The summed E-state index contributed by atoms with van der Waals surface area (Å²) < 4.78 is 2.20. The summed E-state index contributed by atoms with van der Waals surface area (Å²) in [6.07, 6.45) is 3.93. The van der Waals surface area contributed by atoms with Crippen molar-refractivity contribution in [3.63, 3.8) is 0 Å². The molecule has 0 radical (unpaired) electrons. The van der Waals surface area contributed by atoms with Gasteiger partial charge < -0.3 is 9.47 Å². The van der Waals surface area contributed by atoms with Crippen molar-refractivity contribution < 1.29 is 0 Å². The monoisotopic (exact) mass is 304 g/mol. The number of anilines is 1. The molecule has 4 nitrogen and oxygen atoms in total. The molecule has 21 heavy (non-hydrogen) atoms. The molecule has 0 saturated carbocycles. The average molecular weight is 305 g/mol. The molecule has 0 bridgehead atoms. The van der Waals surface area contributed by atoms with E-state index >= 15 is 0 Å². The summed E-state index contributed by atoms with van der Waals surface area (Å²) in [5, 5.41) is 0.862. The predicted octanol–water partition coefficient (Wildman–Crippen LogP) is 2.88. The van der Waals surface area contributed by atoms with Gasteiger partial charge in [-0.05, 0) is 18.6 Å². The number of piperazine rings is 1. The molecule has 0 unspecified atom stereocenters. The van der Waals surface area contributed by atoms with Crippen LogP contribution in [0.4, 0.5) is 5.95 Å². The van der Waals surface area contributed by atoms with E-state index in [9.17, 15) is 0 Å². The number of halogens is 1. The second-order valence-electron chi connectivity index (χ2n) is 5.37. The highest BCUT2D eigenvalue weighted by Crippen LogP contribution is 2.19. The summed E-state index contributed by atoms with van der Waals surface area (Å²) in [7, 11) is 0. The zero-order chi connectivity index (χ0) is 14.7. The standard InChI is InChI=1S/C16H21ClN4/c1-2-20-8-7-18-16(20)21-11-9-19(10-12-21)13-14-5-3-4-6-15(14)17/h3-8H,2,9-13H2,1H3. The lowest BCUT2D eigenvalue weighted by molar-refractivity contribution is 0.248. The Labute approximate surface area is 130 Å². The molecule has 1 saturated heterocycles. The largest absolute Gasteiger partial charge is 0.340 e. The Morgan fingerprint density at radius 3 is 2.62 bits per heavy atom. The van der Waals surface area contributed by atoms with Crippen LogP contribution in [-0.2, 0) is 13.1 Å². The number of hydrogen-bond acceptors (Lipinski definition) is 3. The summed E-state index contributed by atoms with van der Waals surface area (Å²) in [6, 6.07) is 8.10. The Balaban J connectivity index is 1.59. The van der Waals surface area contributed by atoms with Gasteiger partial charge in [0.2, 0.25) is 5.95 Å². The van der Waals surface area contributed by atoms with Crippen LogP contribution in [0.3, 0.4) is 0 Å². The number of benzene rings is 1. The second-order valence-corrected chi connectivity index (χ2v) is 5.78. The first kappa shape index (κ1) is 14.4. The Morgan fingerprint density at radius 1 is 1.14 bits per heavy atom. The van der Waals surface area contributed by atoms with Gasteiger partial charge in [0.05, 0.1) is 0 Å². The molecule has 0 aliphatic carbocycles. The molecule has 2 heterocycles. The summed E-state index contributed by atoms with van der Waals surface area (Å²) in [4.78, 5) is 9.31. The van der Waals surface area contributed by atoms with Crippen molar-refractivity contribution in [1.29, 1.82) is 0 Å². The number of aryl methyl sites for hydroxylation is 1. The third-order valence-electron chi connectivity index (χ3n) is 4.04. The SMILES string of the molecule is CCn1ccnc1N1CCN(Cc2ccccc2Cl)CC1. The maximum Gasteiger partial charge on any atom is 0.205 e. The molecule has 112 valence electrons. The number of rotatable bonds is 4. The Morgan fingerprint density at radius 2 is 1.90 bits per heavy atom. The summed E-state index contributed by atoms with van der Waals surface area (Å²) in [6.45, 7) is 8.16. The first-order valence-electron chi connectivity index (χ1n) is 7.49. The van der Waals surface area contributed by atoms with Crippen LogP contribution >= 0.6 is 11.6 Å². The third-order valence-corrected chi connectivity index (χ3v) is 4.41. The van der Waals surface area contributed by atoms with Crippen molar-refractivity contribution >= 4 is 17.5 Å². The maximum absolute atomic E-state index is 6.24. The van der Waals surface area contributed by atoms with Gasteiger partial charge in [-0.15, -0.1) is 0 Å². The van der Waals surface area contributed by atoms with E-state index in [0.717, 1.165) is 50.2 Å². The highest BCUT2D eigenvalue weighted by molar-refractivity contribution is 6.31. The molecule has 1 aromatic carbocycles. The van der Waals surface area contributed by atoms with Gasteiger partial charge in [0.15, 0.2) is 0 Å². The van der Waals surface area contributed by atoms with E-state index < -0.39 is 0 Å². The normalized spacial score (nSPS) is 16.4. The molecular weight excluding hydrogens is 284 g/mol. The Hall–Kier alpha value is -1.52. The van der Waals surface area contributed by atoms with Gasteiger partial charge >= 0.3 is 0 Å². The fourth-order valence-electron chi connectivity index (χ4n) is 2.80. The molecule has 1 aliphatic rings. The van der Waals surface area contributed by atoms with Crippen molar-refractivity contribution in [2.45, 2.75) is 20.0 Å². The zero-order valence-electron chi connectivity index (χ0n) is 12.4. The Kier molecular flexibility index (Phi) is 4.46. The summed E-state index contributed by atoms with van der Waals surface area (Å²) >= 11 is 6.24. The lowest BCUT2D eigenvalue weighted by atomic mass is 10.2. The van der Waals surface area contributed by atoms with Crippen molar-refractivity contribution in [3.8, 4) is 0 Å². The van der Waals surface area contributed by atoms with Crippen LogP contribution in [0.1, 0.15) is 12.5 Å². The van der Waals surface area contributed by atoms with Gasteiger partial charge in [-0.1, -0.05) is 29.8 Å². The van der Waals surface area contributed by atoms with Gasteiger partial charge in [-0.25, -0.2) is 4.98 Å². The average Bonchev–Trinajstić information content (AvgIpc) is 2.99. The molecular formula is C16H21ClN4. The number of nitrogens with zero attached hydrogens (tertiary/aromatic N) is 4. The van der Waals surface area contributed by atoms with E-state index in [-0.39, 0.29) is 0 Å². The number of imidazole rings is 1. The van der Waals surface area contributed by atoms with Gasteiger partial charge in [-0.3, -0.25) is 4.90 Å². The van der Waals surface area contributed by atoms with Crippen LogP contribution < -0.4 is 4.90 Å². The van der Waals surface area contributed by atoms with Crippen LogP contribution in [0, 0.1) is 0 Å². The molecule has 0 spiro atoms. The first-order chi connectivity index (χ1) is 10.3. The topological polar surface area (TPSA) is 24.3 Å². The molecule has 1 fully saturated rings. The molecule has 5 heteroatoms. The van der Waals surface area contributed by atoms with Crippen LogP contribution in [0.25, 0.3) is 0 Å². The number of hydrogen-bond donors (Lipinski definition) is 0. The molecule has 2 aromatic rings.